The molecule has 1 unspecified atom stereocenters. The van der Waals surface area contributed by atoms with Crippen molar-refractivity contribution in [1.29, 1.82) is 0 Å². The molecule has 0 radical (unpaired) electrons. The highest BCUT2D eigenvalue weighted by Gasteiger charge is 2.29. The topological polar surface area (TPSA) is 46.0 Å². The second kappa shape index (κ2) is 5.58. The molecule has 1 heterocycles. The Labute approximate surface area is 111 Å². The molecule has 0 aliphatic rings. The lowest BCUT2D eigenvalue weighted by molar-refractivity contribution is -0.0328. The first-order valence-corrected chi connectivity index (χ1v) is 6.07. The molecule has 7 heteroatoms. The van der Waals surface area contributed by atoms with E-state index in [4.69, 9.17) is 0 Å². The smallest absolute Gasteiger partial charge is 0.382 e. The summed E-state index contributed by atoms with van der Waals surface area (Å²) in [6, 6.07) is 5.50. The monoisotopic (exact) mass is 286 g/mol. The number of aliphatic hydroxyl groups is 1. The zero-order valence-electron chi connectivity index (χ0n) is 9.50. The highest BCUT2D eigenvalue weighted by molar-refractivity contribution is 8.00. The van der Waals surface area contributed by atoms with Crippen molar-refractivity contribution in [1.82, 2.24) is 9.97 Å². The van der Waals surface area contributed by atoms with Crippen LogP contribution in [0.3, 0.4) is 0 Å². The number of hydrogen-bond donors (Lipinski definition) is 1. The fourth-order valence-electron chi connectivity index (χ4n) is 1.47. The zero-order chi connectivity index (χ0) is 13.9. The van der Waals surface area contributed by atoms with Gasteiger partial charge in [-0.25, -0.2) is 0 Å². The summed E-state index contributed by atoms with van der Waals surface area (Å²) in [6.07, 6.45) is 3.31. The van der Waals surface area contributed by atoms with Crippen molar-refractivity contribution in [3.8, 4) is 0 Å². The quantitative estimate of drug-likeness (QED) is 0.880. The van der Waals surface area contributed by atoms with Crippen molar-refractivity contribution in [2.75, 3.05) is 0 Å². The Bertz CT molecular complexity index is 531. The predicted molar refractivity (Wildman–Crippen MR) is 64.4 cm³/mol. The largest absolute Gasteiger partial charge is 0.446 e. The first-order valence-electron chi connectivity index (χ1n) is 5.25. The lowest BCUT2D eigenvalue weighted by Crippen LogP contribution is -2.03. The van der Waals surface area contributed by atoms with E-state index in [9.17, 15) is 18.3 Å². The van der Waals surface area contributed by atoms with Crippen LogP contribution in [0.25, 0.3) is 0 Å². The van der Waals surface area contributed by atoms with Crippen LogP contribution >= 0.6 is 11.8 Å². The number of aromatic nitrogens is 2. The van der Waals surface area contributed by atoms with Gasteiger partial charge >= 0.3 is 5.51 Å². The van der Waals surface area contributed by atoms with Crippen LogP contribution in [0.2, 0.25) is 0 Å². The Morgan fingerprint density at radius 2 is 1.79 bits per heavy atom. The molecule has 1 aromatic carbocycles. The van der Waals surface area contributed by atoms with Crippen molar-refractivity contribution >= 4 is 11.8 Å². The summed E-state index contributed by atoms with van der Waals surface area (Å²) in [5, 5.41) is 9.98. The van der Waals surface area contributed by atoms with Crippen LogP contribution in [0, 0.1) is 0 Å². The fourth-order valence-corrected chi connectivity index (χ4v) is 2.01. The summed E-state index contributed by atoms with van der Waals surface area (Å²) >= 11 is -0.193. The minimum absolute atomic E-state index is 0.0718. The van der Waals surface area contributed by atoms with Gasteiger partial charge < -0.3 is 5.11 Å². The first kappa shape index (κ1) is 13.8. The molecule has 19 heavy (non-hydrogen) atoms. The number of thioether (sulfide) groups is 1. The average molecular weight is 286 g/mol. The lowest BCUT2D eigenvalue weighted by Gasteiger charge is -2.11. The number of nitrogens with zero attached hydrogens (tertiary/aromatic N) is 2. The van der Waals surface area contributed by atoms with Crippen LogP contribution in [0.15, 0.2) is 47.8 Å². The van der Waals surface area contributed by atoms with E-state index >= 15 is 0 Å². The van der Waals surface area contributed by atoms with Crippen LogP contribution in [0.5, 0.6) is 0 Å². The van der Waals surface area contributed by atoms with Gasteiger partial charge in [-0.3, -0.25) is 9.97 Å². The van der Waals surface area contributed by atoms with Gasteiger partial charge in [-0.15, -0.1) is 0 Å². The van der Waals surface area contributed by atoms with Crippen LogP contribution < -0.4 is 0 Å². The molecular formula is C12H9F3N2OS. The van der Waals surface area contributed by atoms with Gasteiger partial charge in [-0.05, 0) is 29.5 Å². The maximum atomic E-state index is 12.2. The number of benzene rings is 1. The standard InChI is InChI=1S/C12H9F3N2OS/c13-12(14,15)19-9-3-1-8(2-4-9)11(18)10-7-16-5-6-17-10/h1-7,11,18H. The third kappa shape index (κ3) is 3.93. The lowest BCUT2D eigenvalue weighted by atomic mass is 10.1. The molecule has 0 aliphatic heterocycles. The Morgan fingerprint density at radius 3 is 2.32 bits per heavy atom. The van der Waals surface area contributed by atoms with Gasteiger partial charge in [0.2, 0.25) is 0 Å². The van der Waals surface area contributed by atoms with Crippen LogP contribution in [-0.2, 0) is 0 Å². The van der Waals surface area contributed by atoms with Crippen LogP contribution in [0.4, 0.5) is 13.2 Å². The summed E-state index contributed by atoms with van der Waals surface area (Å²) in [7, 11) is 0. The van der Waals surface area contributed by atoms with Gasteiger partial charge in [0.25, 0.3) is 0 Å². The third-order valence-corrected chi connectivity index (χ3v) is 3.03. The predicted octanol–water partition coefficient (Wildman–Crippen LogP) is 3.17. The van der Waals surface area contributed by atoms with Gasteiger partial charge in [-0.1, -0.05) is 12.1 Å². The number of rotatable bonds is 3. The zero-order valence-corrected chi connectivity index (χ0v) is 10.3. The van der Waals surface area contributed by atoms with Gasteiger partial charge in [0.15, 0.2) is 0 Å². The molecule has 0 bridgehead atoms. The molecule has 1 aromatic heterocycles. The molecule has 3 nitrogen and oxygen atoms in total. The Kier molecular flexibility index (Phi) is 4.06. The van der Waals surface area contributed by atoms with E-state index in [1.165, 1.54) is 42.9 Å². The van der Waals surface area contributed by atoms with E-state index in [1.54, 1.807) is 0 Å². The molecule has 0 fully saturated rings. The minimum atomic E-state index is -4.31. The van der Waals surface area contributed by atoms with E-state index in [-0.39, 0.29) is 16.7 Å². The van der Waals surface area contributed by atoms with Crippen molar-refractivity contribution in [2.45, 2.75) is 16.5 Å². The number of alkyl halides is 3. The summed E-state index contributed by atoms with van der Waals surface area (Å²) in [5.74, 6) is 0. The molecule has 0 saturated heterocycles. The van der Waals surface area contributed by atoms with Crippen molar-refractivity contribution in [3.05, 3.63) is 54.1 Å². The van der Waals surface area contributed by atoms with E-state index in [2.05, 4.69) is 9.97 Å². The molecule has 1 atom stereocenters. The maximum Gasteiger partial charge on any atom is 0.446 e. The van der Waals surface area contributed by atoms with Crippen LogP contribution in [-0.4, -0.2) is 20.6 Å². The SMILES string of the molecule is OC(c1ccc(SC(F)(F)F)cc1)c1cnccn1. The maximum absolute atomic E-state index is 12.2. The fraction of sp³-hybridized carbons (Fsp3) is 0.167. The molecule has 2 aromatic rings. The second-order valence-corrected chi connectivity index (χ2v) is 4.79. The Hall–Kier alpha value is -1.60. The number of hydrogen-bond acceptors (Lipinski definition) is 4. The highest BCUT2D eigenvalue weighted by atomic mass is 32.2. The molecular weight excluding hydrogens is 277 g/mol. The third-order valence-electron chi connectivity index (χ3n) is 2.29. The molecule has 0 spiro atoms. The van der Waals surface area contributed by atoms with E-state index in [0.717, 1.165) is 0 Å². The molecule has 100 valence electrons. The molecule has 2 rings (SSSR count). The number of aliphatic hydroxyl groups excluding tert-OH is 1. The van der Waals surface area contributed by atoms with Crippen molar-refractivity contribution < 1.29 is 18.3 Å². The Morgan fingerprint density at radius 1 is 1.11 bits per heavy atom. The van der Waals surface area contributed by atoms with E-state index < -0.39 is 11.6 Å². The second-order valence-electron chi connectivity index (χ2n) is 3.65. The highest BCUT2D eigenvalue weighted by Crippen LogP contribution is 2.37. The summed E-state index contributed by atoms with van der Waals surface area (Å²) in [6.45, 7) is 0. The Balaban J connectivity index is 2.15. The van der Waals surface area contributed by atoms with Crippen molar-refractivity contribution in [2.24, 2.45) is 0 Å². The van der Waals surface area contributed by atoms with Gasteiger partial charge in [0.1, 0.15) is 6.10 Å². The van der Waals surface area contributed by atoms with Crippen molar-refractivity contribution in [3.63, 3.8) is 0 Å². The summed E-state index contributed by atoms with van der Waals surface area (Å²) < 4.78 is 36.5. The summed E-state index contributed by atoms with van der Waals surface area (Å²) in [5.41, 5.74) is -3.50. The molecule has 1 N–H and O–H groups in total. The van der Waals surface area contributed by atoms with Gasteiger partial charge in [-0.2, -0.15) is 13.2 Å². The molecule has 0 aliphatic carbocycles. The number of halogens is 3. The minimum Gasteiger partial charge on any atom is -0.382 e. The van der Waals surface area contributed by atoms with Gasteiger partial charge in [0, 0.05) is 17.3 Å². The van der Waals surface area contributed by atoms with E-state index in [1.807, 2.05) is 0 Å². The first-order chi connectivity index (χ1) is 8.96. The summed E-state index contributed by atoms with van der Waals surface area (Å²) in [4.78, 5) is 7.83. The van der Waals surface area contributed by atoms with Crippen LogP contribution in [0.1, 0.15) is 17.4 Å². The normalized spacial score (nSPS) is 13.3. The molecule has 0 saturated carbocycles. The van der Waals surface area contributed by atoms with Gasteiger partial charge in [0.05, 0.1) is 11.9 Å². The average Bonchev–Trinajstić information content (AvgIpc) is 2.38. The molecule has 0 amide bonds. The van der Waals surface area contributed by atoms with E-state index in [0.29, 0.717) is 11.3 Å².